The third-order valence-corrected chi connectivity index (χ3v) is 3.93. The van der Waals surface area contributed by atoms with Crippen LogP contribution in [0.15, 0.2) is 59.0 Å². The normalized spacial score (nSPS) is 11.1. The summed E-state index contributed by atoms with van der Waals surface area (Å²) in [6.45, 7) is 1.47. The van der Waals surface area contributed by atoms with E-state index >= 15 is 0 Å². The van der Waals surface area contributed by atoms with Crippen molar-refractivity contribution in [2.75, 3.05) is 6.61 Å². The van der Waals surface area contributed by atoms with E-state index in [1.807, 2.05) is 31.2 Å². The molecular formula is C21H17O5-. The van der Waals surface area contributed by atoms with Gasteiger partial charge in [-0.2, -0.15) is 0 Å². The van der Waals surface area contributed by atoms with Gasteiger partial charge in [-0.3, -0.25) is 4.79 Å². The van der Waals surface area contributed by atoms with Crippen molar-refractivity contribution < 1.29 is 23.8 Å². The summed E-state index contributed by atoms with van der Waals surface area (Å²) < 4.78 is 10.8. The Bertz CT molecular complexity index is 964. The van der Waals surface area contributed by atoms with Crippen molar-refractivity contribution in [3.05, 3.63) is 71.5 Å². The molecule has 0 N–H and O–H groups in total. The molecule has 2 aromatic carbocycles. The minimum Gasteiger partial charge on any atom is -0.546 e. The Morgan fingerprint density at radius 1 is 1.12 bits per heavy atom. The van der Waals surface area contributed by atoms with Crippen molar-refractivity contribution in [1.29, 1.82) is 0 Å². The summed E-state index contributed by atoms with van der Waals surface area (Å²) in [4.78, 5) is 22.8. The minimum absolute atomic E-state index is 0.163. The number of aliphatic carboxylic acids is 1. The number of carbonyl (C=O) groups excluding carboxylic acids is 2. The van der Waals surface area contributed by atoms with E-state index in [9.17, 15) is 14.7 Å². The van der Waals surface area contributed by atoms with Crippen molar-refractivity contribution in [3.8, 4) is 5.75 Å². The maximum atomic E-state index is 12.4. The molecule has 0 aliphatic heterocycles. The molecule has 1 heterocycles. The van der Waals surface area contributed by atoms with Gasteiger partial charge < -0.3 is 19.1 Å². The molecule has 0 aliphatic carbocycles. The van der Waals surface area contributed by atoms with Crippen LogP contribution in [0.5, 0.6) is 5.75 Å². The molecule has 1 aromatic heterocycles. The number of benzene rings is 2. The maximum absolute atomic E-state index is 12.4. The standard InChI is InChI=1S/C21H18O5/c1-2-19-17(16-5-3-4-6-20(16)26-19)11-12-18(22)14-7-9-15(10-8-14)25-13-21(23)24/h3-12H,2,13H2,1H3,(H,23,24)/p-1/b12-11+. The van der Waals surface area contributed by atoms with Crippen LogP contribution in [-0.2, 0) is 11.2 Å². The zero-order chi connectivity index (χ0) is 18.5. The Labute approximate surface area is 150 Å². The summed E-state index contributed by atoms with van der Waals surface area (Å²) >= 11 is 0. The number of hydrogen-bond acceptors (Lipinski definition) is 5. The molecule has 0 atom stereocenters. The molecule has 3 rings (SSSR count). The lowest BCUT2D eigenvalue weighted by molar-refractivity contribution is -0.307. The second kappa shape index (κ2) is 7.70. The fourth-order valence-electron chi connectivity index (χ4n) is 2.67. The topological polar surface area (TPSA) is 79.6 Å². The maximum Gasteiger partial charge on any atom is 0.185 e. The number of carboxylic acids is 1. The Hall–Kier alpha value is -3.34. The van der Waals surface area contributed by atoms with Gasteiger partial charge in [0.1, 0.15) is 23.7 Å². The third-order valence-electron chi connectivity index (χ3n) is 3.93. The molecule has 0 aliphatic rings. The van der Waals surface area contributed by atoms with E-state index < -0.39 is 12.6 Å². The number of ketones is 1. The lowest BCUT2D eigenvalue weighted by Gasteiger charge is -2.06. The van der Waals surface area contributed by atoms with E-state index in [0.717, 1.165) is 28.7 Å². The van der Waals surface area contributed by atoms with Gasteiger partial charge >= 0.3 is 0 Å². The van der Waals surface area contributed by atoms with Crippen molar-refractivity contribution in [2.45, 2.75) is 13.3 Å². The van der Waals surface area contributed by atoms with Crippen LogP contribution in [-0.4, -0.2) is 18.4 Å². The Kier molecular flexibility index (Phi) is 5.17. The van der Waals surface area contributed by atoms with E-state index in [4.69, 9.17) is 9.15 Å². The lowest BCUT2D eigenvalue weighted by atomic mass is 10.1. The van der Waals surface area contributed by atoms with Crippen molar-refractivity contribution in [2.24, 2.45) is 0 Å². The molecule has 3 aromatic rings. The number of furan rings is 1. The van der Waals surface area contributed by atoms with Gasteiger partial charge in [-0.05, 0) is 42.5 Å². The van der Waals surface area contributed by atoms with E-state index in [0.29, 0.717) is 11.3 Å². The van der Waals surface area contributed by atoms with Gasteiger partial charge in [0.25, 0.3) is 0 Å². The first-order chi connectivity index (χ1) is 12.6. The highest BCUT2D eigenvalue weighted by Gasteiger charge is 2.10. The highest BCUT2D eigenvalue weighted by atomic mass is 16.5. The molecule has 0 spiro atoms. The first-order valence-electron chi connectivity index (χ1n) is 8.24. The molecule has 0 saturated carbocycles. The zero-order valence-corrected chi connectivity index (χ0v) is 14.2. The van der Waals surface area contributed by atoms with Crippen LogP contribution >= 0.6 is 0 Å². The van der Waals surface area contributed by atoms with Gasteiger partial charge in [0.2, 0.25) is 0 Å². The fourth-order valence-corrected chi connectivity index (χ4v) is 2.67. The van der Waals surface area contributed by atoms with E-state index in [2.05, 4.69) is 0 Å². The summed E-state index contributed by atoms with van der Waals surface area (Å²) in [6.07, 6.45) is 4.01. The molecule has 0 amide bonds. The number of ether oxygens (including phenoxy) is 1. The second-order valence-corrected chi connectivity index (χ2v) is 5.67. The predicted molar refractivity (Wildman–Crippen MR) is 95.9 cm³/mol. The van der Waals surface area contributed by atoms with Gasteiger partial charge in [-0.15, -0.1) is 0 Å². The molecular weight excluding hydrogens is 332 g/mol. The molecule has 5 nitrogen and oxygen atoms in total. The van der Waals surface area contributed by atoms with Crippen LogP contribution in [0.3, 0.4) is 0 Å². The van der Waals surface area contributed by atoms with Gasteiger partial charge in [-0.1, -0.05) is 25.1 Å². The number of fused-ring (bicyclic) bond motifs is 1. The van der Waals surface area contributed by atoms with E-state index in [1.165, 1.54) is 6.08 Å². The number of carbonyl (C=O) groups is 2. The highest BCUT2D eigenvalue weighted by molar-refractivity contribution is 6.07. The molecule has 0 fully saturated rings. The SMILES string of the molecule is CCc1oc2ccccc2c1/C=C/C(=O)c1ccc(OCC(=O)[O-])cc1. The fraction of sp³-hybridized carbons (Fsp3) is 0.143. The smallest absolute Gasteiger partial charge is 0.185 e. The minimum atomic E-state index is -1.30. The number of hydrogen-bond donors (Lipinski definition) is 0. The Balaban J connectivity index is 1.78. The van der Waals surface area contributed by atoms with Crippen LogP contribution in [0.25, 0.3) is 17.0 Å². The predicted octanol–water partition coefficient (Wildman–Crippen LogP) is 3.02. The van der Waals surface area contributed by atoms with E-state index in [-0.39, 0.29) is 5.78 Å². The average molecular weight is 349 g/mol. The summed E-state index contributed by atoms with van der Waals surface area (Å²) in [5.41, 5.74) is 2.18. The molecule has 0 radical (unpaired) electrons. The summed E-state index contributed by atoms with van der Waals surface area (Å²) in [5, 5.41) is 11.4. The van der Waals surface area contributed by atoms with Crippen LogP contribution in [0.4, 0.5) is 0 Å². The Morgan fingerprint density at radius 2 is 1.85 bits per heavy atom. The number of allylic oxidation sites excluding steroid dienone is 1. The van der Waals surface area contributed by atoms with Crippen molar-refractivity contribution in [1.82, 2.24) is 0 Å². The highest BCUT2D eigenvalue weighted by Crippen LogP contribution is 2.27. The Morgan fingerprint density at radius 3 is 2.54 bits per heavy atom. The second-order valence-electron chi connectivity index (χ2n) is 5.67. The van der Waals surface area contributed by atoms with Gasteiger partial charge in [0, 0.05) is 22.9 Å². The summed E-state index contributed by atoms with van der Waals surface area (Å²) in [6, 6.07) is 14.0. The first kappa shape index (κ1) is 17.5. The molecule has 0 bridgehead atoms. The number of carboxylic acid groups (broad SMARTS) is 1. The quantitative estimate of drug-likeness (QED) is 0.484. The zero-order valence-electron chi connectivity index (χ0n) is 14.2. The van der Waals surface area contributed by atoms with Gasteiger partial charge in [-0.25, -0.2) is 0 Å². The average Bonchev–Trinajstić information content (AvgIpc) is 3.02. The lowest BCUT2D eigenvalue weighted by Crippen LogP contribution is -2.28. The molecule has 0 saturated heterocycles. The third kappa shape index (κ3) is 3.83. The first-order valence-corrected chi connectivity index (χ1v) is 8.24. The number of para-hydroxylation sites is 1. The van der Waals surface area contributed by atoms with Crippen molar-refractivity contribution in [3.63, 3.8) is 0 Å². The molecule has 26 heavy (non-hydrogen) atoms. The van der Waals surface area contributed by atoms with E-state index in [1.54, 1.807) is 30.3 Å². The van der Waals surface area contributed by atoms with Crippen LogP contribution < -0.4 is 9.84 Å². The van der Waals surface area contributed by atoms with Crippen LogP contribution in [0.1, 0.15) is 28.6 Å². The monoisotopic (exact) mass is 349 g/mol. The van der Waals surface area contributed by atoms with Gasteiger partial charge in [0.05, 0.1) is 5.97 Å². The summed E-state index contributed by atoms with van der Waals surface area (Å²) in [7, 11) is 0. The van der Waals surface area contributed by atoms with Crippen LogP contribution in [0, 0.1) is 0 Å². The molecule has 0 unspecified atom stereocenters. The van der Waals surface area contributed by atoms with Gasteiger partial charge in [0.15, 0.2) is 5.78 Å². The van der Waals surface area contributed by atoms with Crippen molar-refractivity contribution >= 4 is 28.8 Å². The molecule has 5 heteroatoms. The largest absolute Gasteiger partial charge is 0.546 e. The number of rotatable bonds is 7. The number of aryl methyl sites for hydroxylation is 1. The van der Waals surface area contributed by atoms with Crippen LogP contribution in [0.2, 0.25) is 0 Å². The molecule has 132 valence electrons. The summed E-state index contributed by atoms with van der Waals surface area (Å²) in [5.74, 6) is -0.263.